The van der Waals surface area contributed by atoms with E-state index in [-0.39, 0.29) is 35.3 Å². The lowest BCUT2D eigenvalue weighted by Crippen LogP contribution is -2.49. The van der Waals surface area contributed by atoms with Crippen molar-refractivity contribution >= 4 is 34.4 Å². The monoisotopic (exact) mass is 816 g/mol. The SMILES string of the molecule is Cc1cc(-c2[nH]nc3ncc(-c4ccc(N5CCN(CC(F)(F)c6ccc(C7CCC(=O)NC7=O)cn6)CC5)cc4)cc23)ccc1[C@@H](C)NC(=O)c1noc(C(C)(C)C)n1. The van der Waals surface area contributed by atoms with Gasteiger partial charge in [0.25, 0.3) is 11.7 Å². The highest BCUT2D eigenvalue weighted by Gasteiger charge is 2.37. The first-order valence-corrected chi connectivity index (χ1v) is 20.0. The van der Waals surface area contributed by atoms with Crippen molar-refractivity contribution in [3.8, 4) is 22.4 Å². The van der Waals surface area contributed by atoms with Crippen LogP contribution in [0, 0.1) is 6.92 Å². The number of piperazine rings is 1. The van der Waals surface area contributed by atoms with Crippen LogP contribution in [0.25, 0.3) is 33.4 Å². The number of carbonyl (C=O) groups is 3. The molecule has 1 unspecified atom stereocenters. The fourth-order valence-corrected chi connectivity index (χ4v) is 7.78. The fourth-order valence-electron chi connectivity index (χ4n) is 7.78. The third-order valence-electron chi connectivity index (χ3n) is 11.2. The van der Waals surface area contributed by atoms with E-state index in [1.807, 2.05) is 71.0 Å². The first-order valence-electron chi connectivity index (χ1n) is 20.0. The van der Waals surface area contributed by atoms with Crippen molar-refractivity contribution in [3.05, 3.63) is 107 Å². The number of imide groups is 1. The molecule has 2 aliphatic heterocycles. The second kappa shape index (κ2) is 16.0. The minimum Gasteiger partial charge on any atom is -0.369 e. The molecule has 4 aromatic heterocycles. The van der Waals surface area contributed by atoms with Crippen LogP contribution < -0.4 is 15.5 Å². The van der Waals surface area contributed by atoms with Gasteiger partial charge in [-0.1, -0.05) is 56.3 Å². The van der Waals surface area contributed by atoms with Gasteiger partial charge in [0.15, 0.2) is 5.65 Å². The number of aryl methyl sites for hydroxylation is 1. The van der Waals surface area contributed by atoms with Gasteiger partial charge in [-0.25, -0.2) is 4.98 Å². The molecule has 60 heavy (non-hydrogen) atoms. The van der Waals surface area contributed by atoms with Crippen molar-refractivity contribution in [2.24, 2.45) is 0 Å². The molecule has 3 amide bonds. The summed E-state index contributed by atoms with van der Waals surface area (Å²) in [6, 6.07) is 18.7. The molecule has 2 fully saturated rings. The molecule has 310 valence electrons. The maximum atomic E-state index is 15.4. The van der Waals surface area contributed by atoms with Gasteiger partial charge in [0, 0.05) is 72.6 Å². The van der Waals surface area contributed by atoms with Crippen molar-refractivity contribution < 1.29 is 27.7 Å². The van der Waals surface area contributed by atoms with E-state index in [4.69, 9.17) is 4.52 Å². The number of carbonyl (C=O) groups excluding carboxylic acids is 3. The number of hydrogen-bond donors (Lipinski definition) is 3. The van der Waals surface area contributed by atoms with E-state index >= 15 is 8.78 Å². The van der Waals surface area contributed by atoms with Crippen molar-refractivity contribution in [2.45, 2.75) is 70.8 Å². The number of halogens is 2. The Morgan fingerprint density at radius 2 is 1.70 bits per heavy atom. The summed E-state index contributed by atoms with van der Waals surface area (Å²) in [6.07, 6.45) is 3.66. The lowest BCUT2D eigenvalue weighted by molar-refractivity contribution is -0.134. The zero-order valence-electron chi connectivity index (χ0n) is 34.1. The average Bonchev–Trinajstić information content (AvgIpc) is 3.90. The summed E-state index contributed by atoms with van der Waals surface area (Å²) in [7, 11) is 0. The molecule has 0 bridgehead atoms. The number of aromatic nitrogens is 6. The summed E-state index contributed by atoms with van der Waals surface area (Å²) in [4.78, 5) is 53.5. The van der Waals surface area contributed by atoms with Crippen molar-refractivity contribution in [3.63, 3.8) is 0 Å². The van der Waals surface area contributed by atoms with Gasteiger partial charge in [0.05, 0.1) is 24.2 Å². The van der Waals surface area contributed by atoms with Gasteiger partial charge < -0.3 is 14.7 Å². The van der Waals surface area contributed by atoms with Gasteiger partial charge in [-0.05, 0) is 72.9 Å². The molecule has 8 rings (SSSR count). The molecule has 6 heterocycles. The number of nitrogens with zero attached hydrogens (tertiary/aromatic N) is 7. The minimum absolute atomic E-state index is 0.00343. The Kier molecular flexibility index (Phi) is 10.7. The van der Waals surface area contributed by atoms with Gasteiger partial charge in [-0.15, -0.1) is 0 Å². The van der Waals surface area contributed by atoms with Crippen LogP contribution in [0.15, 0.2) is 77.6 Å². The standard InChI is InChI=1S/C44H46F2N10O4/c1-25-20-28(8-12-32(25)26(2)49-41(59)39-51-42(60-54-39)43(3,4)5)37-34-21-30(23-48-38(34)53-52-37)27-6-10-31(11-7-27)56-18-16-55(17-19-56)24-44(45,46)35-14-9-29(22-47-35)33-13-15-36(57)50-40(33)58/h6-12,14,20-23,26,33H,13,15-19,24H2,1-5H3,(H,49,59)(H,48,52,53)(H,50,57,58)/t26-,33?/m1/s1. The number of rotatable bonds is 10. The summed E-state index contributed by atoms with van der Waals surface area (Å²) in [5.41, 5.74) is 6.98. The zero-order valence-corrected chi connectivity index (χ0v) is 34.1. The molecule has 14 nitrogen and oxygen atoms in total. The molecule has 16 heteroatoms. The largest absolute Gasteiger partial charge is 0.369 e. The molecule has 6 aromatic rings. The van der Waals surface area contributed by atoms with Crippen LogP contribution in [-0.4, -0.2) is 85.7 Å². The molecule has 3 N–H and O–H groups in total. The number of amides is 3. The second-order valence-corrected chi connectivity index (χ2v) is 16.6. The van der Waals surface area contributed by atoms with Crippen molar-refractivity contribution in [2.75, 3.05) is 37.6 Å². The van der Waals surface area contributed by atoms with Gasteiger partial charge in [0.1, 0.15) is 5.69 Å². The molecule has 0 aliphatic carbocycles. The summed E-state index contributed by atoms with van der Waals surface area (Å²) in [6.45, 7) is 11.4. The lowest BCUT2D eigenvalue weighted by Gasteiger charge is -2.37. The number of benzene rings is 2. The summed E-state index contributed by atoms with van der Waals surface area (Å²) >= 11 is 0. The average molecular weight is 817 g/mol. The molecular weight excluding hydrogens is 771 g/mol. The van der Waals surface area contributed by atoms with Crippen molar-refractivity contribution in [1.29, 1.82) is 0 Å². The number of H-pyrrole nitrogens is 1. The third-order valence-corrected chi connectivity index (χ3v) is 11.2. The van der Waals surface area contributed by atoms with Gasteiger partial charge >= 0.3 is 5.92 Å². The highest BCUT2D eigenvalue weighted by Crippen LogP contribution is 2.34. The zero-order chi connectivity index (χ0) is 42.3. The van der Waals surface area contributed by atoms with E-state index in [2.05, 4.69) is 58.0 Å². The summed E-state index contributed by atoms with van der Waals surface area (Å²) in [5, 5.41) is 17.6. The van der Waals surface area contributed by atoms with E-state index in [0.29, 0.717) is 49.7 Å². The lowest BCUT2D eigenvalue weighted by atomic mass is 9.91. The maximum absolute atomic E-state index is 15.4. The van der Waals surface area contributed by atoms with Gasteiger partial charge in [-0.3, -0.25) is 34.7 Å². The van der Waals surface area contributed by atoms with Crippen LogP contribution in [-0.2, 0) is 20.9 Å². The predicted molar refractivity (Wildman–Crippen MR) is 220 cm³/mol. The number of anilines is 1. The summed E-state index contributed by atoms with van der Waals surface area (Å²) < 4.78 is 36.0. The first-order chi connectivity index (χ1) is 28.6. The van der Waals surface area contributed by atoms with E-state index in [1.54, 1.807) is 11.1 Å². The Hall–Kier alpha value is -6.42. The topological polar surface area (TPSA) is 175 Å². The third kappa shape index (κ3) is 8.37. The Balaban J connectivity index is 0.883. The van der Waals surface area contributed by atoms with Crippen LogP contribution in [0.1, 0.15) is 91.4 Å². The van der Waals surface area contributed by atoms with E-state index < -0.39 is 30.2 Å². The highest BCUT2D eigenvalue weighted by molar-refractivity contribution is 6.01. The van der Waals surface area contributed by atoms with Crippen LogP contribution in [0.2, 0.25) is 0 Å². The normalized spacial score (nSPS) is 17.2. The minimum atomic E-state index is -3.17. The molecule has 2 atom stereocenters. The van der Waals surface area contributed by atoms with Gasteiger partial charge in [0.2, 0.25) is 17.7 Å². The Morgan fingerprint density at radius 3 is 2.37 bits per heavy atom. The first kappa shape index (κ1) is 40.4. The van der Waals surface area contributed by atoms with E-state index in [9.17, 15) is 14.4 Å². The van der Waals surface area contributed by atoms with Gasteiger partial charge in [-0.2, -0.15) is 18.9 Å². The number of fused-ring (bicyclic) bond motifs is 1. The molecular formula is C44H46F2N10O4. The van der Waals surface area contributed by atoms with Crippen LogP contribution in [0.5, 0.6) is 0 Å². The fraction of sp³-hybridized carbons (Fsp3) is 0.364. The number of aromatic amines is 1. The molecule has 0 spiro atoms. The maximum Gasteiger partial charge on any atom is 0.302 e. The van der Waals surface area contributed by atoms with E-state index in [0.717, 1.165) is 44.6 Å². The Labute approximate surface area is 345 Å². The summed E-state index contributed by atoms with van der Waals surface area (Å²) in [5.74, 6) is -4.52. The number of piperidine rings is 1. The van der Waals surface area contributed by atoms with Crippen LogP contribution in [0.4, 0.5) is 14.5 Å². The van der Waals surface area contributed by atoms with Crippen molar-refractivity contribution in [1.82, 2.24) is 45.8 Å². The second-order valence-electron chi connectivity index (χ2n) is 16.6. The number of pyridine rings is 2. The smallest absolute Gasteiger partial charge is 0.302 e. The Bertz CT molecular complexity index is 2560. The molecule has 0 saturated carbocycles. The van der Waals surface area contributed by atoms with E-state index in [1.165, 1.54) is 18.3 Å². The highest BCUT2D eigenvalue weighted by atomic mass is 19.3. The molecule has 2 aliphatic rings. The Morgan fingerprint density at radius 1 is 0.950 bits per heavy atom. The number of hydrogen-bond acceptors (Lipinski definition) is 11. The molecule has 2 aromatic carbocycles. The van der Waals surface area contributed by atoms with Crippen LogP contribution in [0.3, 0.4) is 0 Å². The van der Waals surface area contributed by atoms with Crippen LogP contribution >= 0.6 is 0 Å². The molecule has 0 radical (unpaired) electrons. The predicted octanol–water partition coefficient (Wildman–Crippen LogP) is 6.60. The quantitative estimate of drug-likeness (QED) is 0.127. The number of alkyl halides is 2. The number of nitrogens with one attached hydrogen (secondary N) is 3. The molecule has 2 saturated heterocycles.